The summed E-state index contributed by atoms with van der Waals surface area (Å²) >= 11 is 4.91. The van der Waals surface area contributed by atoms with Gasteiger partial charge in [0.05, 0.1) is 11.8 Å². The minimum atomic E-state index is -0.521. The third-order valence-corrected chi connectivity index (χ3v) is 3.17. The second-order valence-electron chi connectivity index (χ2n) is 4.18. The number of nitrogens with zero attached hydrogens (tertiary/aromatic N) is 3. The summed E-state index contributed by atoms with van der Waals surface area (Å²) in [4.78, 5) is 24.6. The minimum Gasteiger partial charge on any atom is -0.389 e. The number of thiocarbonyl (C=S) groups is 1. The lowest BCUT2D eigenvalue weighted by Gasteiger charge is -2.28. The molecule has 1 saturated heterocycles. The molecular formula is C11H13N5O2S. The molecule has 0 radical (unpaired) electrons. The molecule has 0 bridgehead atoms. The average Bonchev–Trinajstić information content (AvgIpc) is 2.40. The number of piperidine rings is 1. The van der Waals surface area contributed by atoms with E-state index in [1.54, 1.807) is 6.07 Å². The molecule has 3 N–H and O–H groups in total. The van der Waals surface area contributed by atoms with E-state index in [9.17, 15) is 9.59 Å². The Labute approximate surface area is 115 Å². The molecule has 2 rings (SSSR count). The van der Waals surface area contributed by atoms with Gasteiger partial charge in [0.25, 0.3) is 5.91 Å². The number of hydrogen-bond donors (Lipinski definition) is 2. The molecule has 1 unspecified atom stereocenters. The van der Waals surface area contributed by atoms with Gasteiger partial charge < -0.3 is 11.1 Å². The molecule has 19 heavy (non-hydrogen) atoms. The number of carbonyl (C=O) groups excluding carboxylic acids is 2. The number of imide groups is 1. The van der Waals surface area contributed by atoms with Gasteiger partial charge in [-0.2, -0.15) is 5.10 Å². The molecule has 100 valence electrons. The third-order valence-electron chi connectivity index (χ3n) is 2.95. The van der Waals surface area contributed by atoms with Crippen molar-refractivity contribution in [2.45, 2.75) is 18.9 Å². The predicted molar refractivity (Wildman–Crippen MR) is 72.3 cm³/mol. The van der Waals surface area contributed by atoms with Gasteiger partial charge in [0.15, 0.2) is 5.82 Å². The normalized spacial score (nSPS) is 19.4. The summed E-state index contributed by atoms with van der Waals surface area (Å²) in [5.74, 6) is -0.122. The van der Waals surface area contributed by atoms with Crippen molar-refractivity contribution in [3.05, 3.63) is 17.8 Å². The van der Waals surface area contributed by atoms with Gasteiger partial charge in [0, 0.05) is 13.5 Å². The van der Waals surface area contributed by atoms with E-state index in [1.165, 1.54) is 13.2 Å². The molecule has 0 spiro atoms. The van der Waals surface area contributed by atoms with Gasteiger partial charge in [0.2, 0.25) is 5.91 Å². The summed E-state index contributed by atoms with van der Waals surface area (Å²) in [6.45, 7) is 0. The standard InChI is InChI=1S/C11H13N5O2S/c1-16-8(17)3-2-7(11(16)18)14-10-6(9(12)19)4-5-13-15-10/h4-5,7H,2-3H2,1H3,(H2,12,19)(H,14,15). The van der Waals surface area contributed by atoms with Crippen molar-refractivity contribution >= 4 is 34.8 Å². The molecule has 7 nitrogen and oxygen atoms in total. The van der Waals surface area contributed by atoms with Crippen LogP contribution in [0.25, 0.3) is 0 Å². The van der Waals surface area contributed by atoms with Gasteiger partial charge in [-0.25, -0.2) is 0 Å². The van der Waals surface area contributed by atoms with E-state index in [4.69, 9.17) is 18.0 Å². The summed E-state index contributed by atoms with van der Waals surface area (Å²) in [5.41, 5.74) is 6.10. The fourth-order valence-corrected chi connectivity index (χ4v) is 2.02. The molecule has 1 aliphatic rings. The maximum Gasteiger partial charge on any atom is 0.251 e. The SMILES string of the molecule is CN1C(=O)CCC(Nc2nnccc2C(N)=S)C1=O. The number of likely N-dealkylation sites (tertiary alicyclic amines) is 1. The van der Waals surface area contributed by atoms with Crippen molar-refractivity contribution in [1.82, 2.24) is 15.1 Å². The number of amides is 2. The van der Waals surface area contributed by atoms with Crippen molar-refractivity contribution < 1.29 is 9.59 Å². The Balaban J connectivity index is 2.20. The Morgan fingerprint density at radius 3 is 3.00 bits per heavy atom. The van der Waals surface area contributed by atoms with Gasteiger partial charge in [-0.3, -0.25) is 14.5 Å². The van der Waals surface area contributed by atoms with E-state index in [0.29, 0.717) is 24.2 Å². The van der Waals surface area contributed by atoms with Gasteiger partial charge in [0.1, 0.15) is 11.0 Å². The van der Waals surface area contributed by atoms with Crippen LogP contribution < -0.4 is 11.1 Å². The maximum absolute atomic E-state index is 12.0. The van der Waals surface area contributed by atoms with Gasteiger partial charge in [-0.1, -0.05) is 12.2 Å². The summed E-state index contributed by atoms with van der Waals surface area (Å²) in [7, 11) is 1.46. The van der Waals surface area contributed by atoms with Crippen molar-refractivity contribution in [3.63, 3.8) is 0 Å². The van der Waals surface area contributed by atoms with Crippen LogP contribution in [0.2, 0.25) is 0 Å². The zero-order valence-electron chi connectivity index (χ0n) is 10.3. The Morgan fingerprint density at radius 2 is 2.32 bits per heavy atom. The van der Waals surface area contributed by atoms with E-state index in [2.05, 4.69) is 15.5 Å². The van der Waals surface area contributed by atoms with Crippen molar-refractivity contribution in [1.29, 1.82) is 0 Å². The number of likely N-dealkylation sites (N-methyl/N-ethyl adjacent to an activating group) is 1. The van der Waals surface area contributed by atoms with Crippen LogP contribution in [0.15, 0.2) is 12.3 Å². The fraction of sp³-hybridized carbons (Fsp3) is 0.364. The lowest BCUT2D eigenvalue weighted by Crippen LogP contribution is -2.48. The van der Waals surface area contributed by atoms with Crippen LogP contribution >= 0.6 is 12.2 Å². The number of hydrogen-bond acceptors (Lipinski definition) is 6. The first kappa shape index (κ1) is 13.3. The van der Waals surface area contributed by atoms with E-state index in [-0.39, 0.29) is 16.8 Å². The molecule has 1 aromatic heterocycles. The second kappa shape index (κ2) is 5.27. The smallest absolute Gasteiger partial charge is 0.251 e. The summed E-state index contributed by atoms with van der Waals surface area (Å²) in [6.07, 6.45) is 2.19. The molecular weight excluding hydrogens is 266 g/mol. The van der Waals surface area contributed by atoms with Crippen LogP contribution in [-0.4, -0.2) is 45.0 Å². The van der Waals surface area contributed by atoms with Crippen LogP contribution in [0.3, 0.4) is 0 Å². The van der Waals surface area contributed by atoms with Gasteiger partial charge >= 0.3 is 0 Å². The molecule has 2 heterocycles. The molecule has 1 atom stereocenters. The monoisotopic (exact) mass is 279 g/mol. The van der Waals surface area contributed by atoms with Crippen LogP contribution in [0, 0.1) is 0 Å². The molecule has 0 saturated carbocycles. The van der Waals surface area contributed by atoms with Crippen molar-refractivity contribution in [2.75, 3.05) is 12.4 Å². The second-order valence-corrected chi connectivity index (χ2v) is 4.62. The Bertz CT molecular complexity index is 548. The largest absolute Gasteiger partial charge is 0.389 e. The van der Waals surface area contributed by atoms with E-state index >= 15 is 0 Å². The fourth-order valence-electron chi connectivity index (χ4n) is 1.85. The first-order valence-electron chi connectivity index (χ1n) is 5.69. The van der Waals surface area contributed by atoms with Gasteiger partial charge in [-0.05, 0) is 12.5 Å². The highest BCUT2D eigenvalue weighted by Gasteiger charge is 2.32. The molecule has 8 heteroatoms. The number of aromatic nitrogens is 2. The van der Waals surface area contributed by atoms with Crippen LogP contribution in [0.1, 0.15) is 18.4 Å². The zero-order valence-corrected chi connectivity index (χ0v) is 11.1. The summed E-state index contributed by atoms with van der Waals surface area (Å²) in [5, 5.41) is 10.6. The number of anilines is 1. The quantitative estimate of drug-likeness (QED) is 0.577. The lowest BCUT2D eigenvalue weighted by atomic mass is 10.0. The molecule has 1 fully saturated rings. The molecule has 1 aromatic rings. The minimum absolute atomic E-state index is 0.171. The number of rotatable bonds is 3. The zero-order chi connectivity index (χ0) is 14.0. The van der Waals surface area contributed by atoms with Crippen molar-refractivity contribution in [2.24, 2.45) is 5.73 Å². The highest BCUT2D eigenvalue weighted by Crippen LogP contribution is 2.18. The number of nitrogens with two attached hydrogens (primary N) is 1. The Morgan fingerprint density at radius 1 is 1.58 bits per heavy atom. The summed E-state index contributed by atoms with van der Waals surface area (Å²) in [6, 6.07) is 1.10. The summed E-state index contributed by atoms with van der Waals surface area (Å²) < 4.78 is 0. The van der Waals surface area contributed by atoms with E-state index in [0.717, 1.165) is 4.90 Å². The Kier molecular flexibility index (Phi) is 3.70. The highest BCUT2D eigenvalue weighted by molar-refractivity contribution is 7.80. The lowest BCUT2D eigenvalue weighted by molar-refractivity contribution is -0.146. The molecule has 0 aliphatic carbocycles. The van der Waals surface area contributed by atoms with Crippen LogP contribution in [0.5, 0.6) is 0 Å². The third kappa shape index (κ3) is 2.68. The van der Waals surface area contributed by atoms with Crippen LogP contribution in [-0.2, 0) is 9.59 Å². The number of nitrogens with one attached hydrogen (secondary N) is 1. The molecule has 2 amide bonds. The molecule has 1 aliphatic heterocycles. The average molecular weight is 279 g/mol. The van der Waals surface area contributed by atoms with Gasteiger partial charge in [-0.15, -0.1) is 5.10 Å². The van der Waals surface area contributed by atoms with E-state index in [1.807, 2.05) is 0 Å². The maximum atomic E-state index is 12.0. The first-order chi connectivity index (χ1) is 9.00. The van der Waals surface area contributed by atoms with Crippen molar-refractivity contribution in [3.8, 4) is 0 Å². The highest BCUT2D eigenvalue weighted by atomic mass is 32.1. The molecule has 0 aromatic carbocycles. The Hall–Kier alpha value is -2.09. The topological polar surface area (TPSA) is 101 Å². The van der Waals surface area contributed by atoms with Crippen LogP contribution in [0.4, 0.5) is 5.82 Å². The number of carbonyl (C=O) groups is 2. The first-order valence-corrected chi connectivity index (χ1v) is 6.10. The predicted octanol–water partition coefficient (Wildman–Crippen LogP) is -0.330. The van der Waals surface area contributed by atoms with E-state index < -0.39 is 6.04 Å².